The van der Waals surface area contributed by atoms with Gasteiger partial charge in [-0.3, -0.25) is 0 Å². The molecule has 17 heavy (non-hydrogen) atoms. The smallest absolute Gasteiger partial charge is 0.0741 e. The van der Waals surface area contributed by atoms with E-state index >= 15 is 0 Å². The van der Waals surface area contributed by atoms with Crippen LogP contribution in [-0.2, 0) is 6.54 Å². The van der Waals surface area contributed by atoms with E-state index in [0.717, 1.165) is 13.0 Å². The number of nitrogens with one attached hydrogen (secondary N) is 1. The summed E-state index contributed by atoms with van der Waals surface area (Å²) in [6.45, 7) is 11.8. The van der Waals surface area contributed by atoms with E-state index < -0.39 is 5.60 Å². The fraction of sp³-hybridized carbons (Fsp3) is 0.600. The van der Waals surface area contributed by atoms with Gasteiger partial charge in [0.25, 0.3) is 0 Å². The van der Waals surface area contributed by atoms with Crippen molar-refractivity contribution in [2.45, 2.75) is 53.2 Å². The quantitative estimate of drug-likeness (QED) is 0.822. The van der Waals surface area contributed by atoms with E-state index in [2.05, 4.69) is 38.2 Å². The van der Waals surface area contributed by atoms with Gasteiger partial charge in [-0.25, -0.2) is 0 Å². The third kappa shape index (κ3) is 4.14. The summed E-state index contributed by atoms with van der Waals surface area (Å²) in [7, 11) is 0. The zero-order valence-electron chi connectivity index (χ0n) is 11.7. The molecule has 0 amide bonds. The molecule has 1 rings (SSSR count). The number of hydrogen-bond donors (Lipinski definition) is 2. The second-order valence-corrected chi connectivity index (χ2v) is 5.33. The van der Waals surface area contributed by atoms with Crippen molar-refractivity contribution in [2.75, 3.05) is 6.54 Å². The SMILES string of the molecule is CCC(C)(O)CNCc1c(C)cc(C)cc1C. The van der Waals surface area contributed by atoms with E-state index in [-0.39, 0.29) is 0 Å². The summed E-state index contributed by atoms with van der Waals surface area (Å²) in [5.74, 6) is 0. The van der Waals surface area contributed by atoms with Crippen LogP contribution in [0.25, 0.3) is 0 Å². The average molecular weight is 235 g/mol. The predicted molar refractivity (Wildman–Crippen MR) is 73.3 cm³/mol. The second kappa shape index (κ2) is 5.65. The van der Waals surface area contributed by atoms with Crippen molar-refractivity contribution >= 4 is 0 Å². The molecule has 0 aliphatic heterocycles. The van der Waals surface area contributed by atoms with E-state index in [9.17, 15) is 5.11 Å². The summed E-state index contributed by atoms with van der Waals surface area (Å²) in [5, 5.41) is 13.3. The highest BCUT2D eigenvalue weighted by molar-refractivity contribution is 5.37. The summed E-state index contributed by atoms with van der Waals surface area (Å²) in [6, 6.07) is 4.42. The van der Waals surface area contributed by atoms with Gasteiger partial charge >= 0.3 is 0 Å². The summed E-state index contributed by atoms with van der Waals surface area (Å²) < 4.78 is 0. The number of aliphatic hydroxyl groups is 1. The first-order valence-electron chi connectivity index (χ1n) is 6.35. The minimum absolute atomic E-state index is 0.605. The largest absolute Gasteiger partial charge is 0.389 e. The molecule has 1 atom stereocenters. The van der Waals surface area contributed by atoms with E-state index in [1.165, 1.54) is 22.3 Å². The maximum atomic E-state index is 9.92. The maximum absolute atomic E-state index is 9.92. The number of aryl methyl sites for hydroxylation is 3. The second-order valence-electron chi connectivity index (χ2n) is 5.33. The Morgan fingerprint density at radius 2 is 1.71 bits per heavy atom. The highest BCUT2D eigenvalue weighted by Gasteiger charge is 2.16. The van der Waals surface area contributed by atoms with Crippen LogP contribution in [0.1, 0.15) is 42.5 Å². The van der Waals surface area contributed by atoms with Crippen molar-refractivity contribution in [3.63, 3.8) is 0 Å². The van der Waals surface area contributed by atoms with Gasteiger partial charge in [-0.1, -0.05) is 24.6 Å². The molecule has 96 valence electrons. The van der Waals surface area contributed by atoms with Crippen molar-refractivity contribution in [3.05, 3.63) is 34.4 Å². The van der Waals surface area contributed by atoms with Crippen molar-refractivity contribution in [2.24, 2.45) is 0 Å². The minimum Gasteiger partial charge on any atom is -0.389 e. The normalized spacial score (nSPS) is 14.7. The van der Waals surface area contributed by atoms with Gasteiger partial charge in [0.15, 0.2) is 0 Å². The van der Waals surface area contributed by atoms with Crippen molar-refractivity contribution in [1.29, 1.82) is 0 Å². The number of rotatable bonds is 5. The topological polar surface area (TPSA) is 32.3 Å². The summed E-state index contributed by atoms with van der Waals surface area (Å²) >= 11 is 0. The Kier molecular flexibility index (Phi) is 4.72. The summed E-state index contributed by atoms with van der Waals surface area (Å²) in [5.41, 5.74) is 4.70. The third-order valence-corrected chi connectivity index (χ3v) is 3.41. The zero-order valence-corrected chi connectivity index (χ0v) is 11.7. The van der Waals surface area contributed by atoms with Crippen LogP contribution in [0.4, 0.5) is 0 Å². The molecule has 0 aliphatic rings. The van der Waals surface area contributed by atoms with Crippen LogP contribution in [0.2, 0.25) is 0 Å². The highest BCUT2D eigenvalue weighted by Crippen LogP contribution is 2.16. The molecule has 1 aromatic rings. The van der Waals surface area contributed by atoms with Crippen LogP contribution < -0.4 is 5.32 Å². The van der Waals surface area contributed by atoms with Gasteiger partial charge in [0.1, 0.15) is 0 Å². The molecule has 0 bridgehead atoms. The van der Waals surface area contributed by atoms with Gasteiger partial charge in [-0.05, 0) is 50.8 Å². The van der Waals surface area contributed by atoms with Crippen molar-refractivity contribution < 1.29 is 5.11 Å². The number of hydrogen-bond acceptors (Lipinski definition) is 2. The van der Waals surface area contributed by atoms with Crippen LogP contribution >= 0.6 is 0 Å². The zero-order chi connectivity index (χ0) is 13.1. The van der Waals surface area contributed by atoms with Crippen LogP contribution in [0.5, 0.6) is 0 Å². The first-order valence-corrected chi connectivity index (χ1v) is 6.35. The standard InChI is InChI=1S/C15H25NO/c1-6-15(5,17)10-16-9-14-12(3)7-11(2)8-13(14)4/h7-8,16-17H,6,9-10H2,1-5H3. The van der Waals surface area contributed by atoms with Crippen LogP contribution in [0.3, 0.4) is 0 Å². The van der Waals surface area contributed by atoms with E-state index in [4.69, 9.17) is 0 Å². The molecule has 0 radical (unpaired) electrons. The molecule has 0 saturated carbocycles. The maximum Gasteiger partial charge on any atom is 0.0741 e. The highest BCUT2D eigenvalue weighted by atomic mass is 16.3. The average Bonchev–Trinajstić information content (AvgIpc) is 2.22. The summed E-state index contributed by atoms with van der Waals surface area (Å²) in [6.07, 6.45) is 0.770. The molecule has 0 fully saturated rings. The van der Waals surface area contributed by atoms with Crippen LogP contribution in [0, 0.1) is 20.8 Å². The molecule has 0 aromatic heterocycles. The Morgan fingerprint density at radius 3 is 2.18 bits per heavy atom. The number of benzene rings is 1. The lowest BCUT2D eigenvalue weighted by atomic mass is 9.99. The lowest BCUT2D eigenvalue weighted by Crippen LogP contribution is -2.36. The van der Waals surface area contributed by atoms with Gasteiger partial charge < -0.3 is 10.4 Å². The van der Waals surface area contributed by atoms with Gasteiger partial charge in [0.2, 0.25) is 0 Å². The van der Waals surface area contributed by atoms with Crippen LogP contribution in [0.15, 0.2) is 12.1 Å². The summed E-state index contributed by atoms with van der Waals surface area (Å²) in [4.78, 5) is 0. The molecule has 2 nitrogen and oxygen atoms in total. The van der Waals surface area contributed by atoms with Gasteiger partial charge in [0, 0.05) is 13.1 Å². The monoisotopic (exact) mass is 235 g/mol. The van der Waals surface area contributed by atoms with Crippen molar-refractivity contribution in [3.8, 4) is 0 Å². The lowest BCUT2D eigenvalue weighted by molar-refractivity contribution is 0.0555. The predicted octanol–water partition coefficient (Wildman–Crippen LogP) is 2.86. The molecule has 1 unspecified atom stereocenters. The molecule has 0 heterocycles. The fourth-order valence-electron chi connectivity index (χ4n) is 2.07. The fourth-order valence-corrected chi connectivity index (χ4v) is 2.07. The molecule has 0 saturated heterocycles. The van der Waals surface area contributed by atoms with Gasteiger partial charge in [-0.2, -0.15) is 0 Å². The first kappa shape index (κ1) is 14.2. The Bertz CT molecular complexity index is 360. The molecule has 2 heteroatoms. The minimum atomic E-state index is -0.605. The molecule has 0 spiro atoms. The van der Waals surface area contributed by atoms with Gasteiger partial charge in [-0.15, -0.1) is 0 Å². The van der Waals surface area contributed by atoms with E-state index in [1.807, 2.05) is 13.8 Å². The molecule has 0 aliphatic carbocycles. The lowest BCUT2D eigenvalue weighted by Gasteiger charge is -2.22. The van der Waals surface area contributed by atoms with Crippen LogP contribution in [-0.4, -0.2) is 17.3 Å². The molecule has 2 N–H and O–H groups in total. The van der Waals surface area contributed by atoms with Gasteiger partial charge in [0.05, 0.1) is 5.60 Å². The first-order chi connectivity index (χ1) is 7.85. The van der Waals surface area contributed by atoms with E-state index in [0.29, 0.717) is 6.54 Å². The van der Waals surface area contributed by atoms with E-state index in [1.54, 1.807) is 0 Å². The van der Waals surface area contributed by atoms with Crippen molar-refractivity contribution in [1.82, 2.24) is 5.32 Å². The third-order valence-electron chi connectivity index (χ3n) is 3.41. The molecule has 1 aromatic carbocycles. The Balaban J connectivity index is 2.64. The Labute approximate surface area is 105 Å². The Hall–Kier alpha value is -0.860. The molecular formula is C15H25NO. The Morgan fingerprint density at radius 1 is 1.18 bits per heavy atom. The molecular weight excluding hydrogens is 210 g/mol.